The smallest absolute Gasteiger partial charge is 0.269 e. The van der Waals surface area contributed by atoms with Gasteiger partial charge < -0.3 is 5.32 Å². The maximum absolute atomic E-state index is 10.6. The molecule has 3 atom stereocenters. The fourth-order valence-electron chi connectivity index (χ4n) is 3.60. The summed E-state index contributed by atoms with van der Waals surface area (Å²) in [5.74, 6) is 2.78. The van der Waals surface area contributed by atoms with E-state index in [0.29, 0.717) is 6.04 Å². The average molecular weight is 260 g/mol. The molecule has 2 aliphatic carbocycles. The summed E-state index contributed by atoms with van der Waals surface area (Å²) in [7, 11) is 2.03. The Labute approximate surface area is 113 Å². The lowest BCUT2D eigenvalue weighted by molar-refractivity contribution is -0.384. The Morgan fingerprint density at radius 3 is 2.42 bits per heavy atom. The van der Waals surface area contributed by atoms with E-state index in [2.05, 4.69) is 5.32 Å². The summed E-state index contributed by atoms with van der Waals surface area (Å²) >= 11 is 0. The lowest BCUT2D eigenvalue weighted by Gasteiger charge is -2.24. The van der Waals surface area contributed by atoms with Crippen molar-refractivity contribution in [1.29, 1.82) is 0 Å². The summed E-state index contributed by atoms with van der Waals surface area (Å²) in [6.07, 6.45) is 5.15. The van der Waals surface area contributed by atoms with Gasteiger partial charge in [-0.25, -0.2) is 0 Å². The van der Waals surface area contributed by atoms with Crippen LogP contribution >= 0.6 is 0 Å². The Bertz CT molecular complexity index is 462. The third-order valence-electron chi connectivity index (χ3n) is 4.82. The number of benzene rings is 1. The number of nitrogens with one attached hydrogen (secondary N) is 1. The van der Waals surface area contributed by atoms with Gasteiger partial charge in [-0.1, -0.05) is 12.1 Å². The summed E-state index contributed by atoms with van der Waals surface area (Å²) in [5.41, 5.74) is 1.36. The van der Waals surface area contributed by atoms with E-state index in [1.54, 1.807) is 12.1 Å². The Balaban J connectivity index is 1.63. The maximum atomic E-state index is 10.6. The van der Waals surface area contributed by atoms with Gasteiger partial charge in [0.25, 0.3) is 5.69 Å². The highest BCUT2D eigenvalue weighted by molar-refractivity contribution is 5.33. The molecule has 1 aromatic rings. The third kappa shape index (κ3) is 2.63. The summed E-state index contributed by atoms with van der Waals surface area (Å²) in [6.45, 7) is 0. The second-order valence-electron chi connectivity index (χ2n) is 6.01. The monoisotopic (exact) mass is 260 g/mol. The van der Waals surface area contributed by atoms with Crippen molar-refractivity contribution < 1.29 is 4.92 Å². The molecule has 0 spiro atoms. The number of rotatable bonds is 5. The maximum Gasteiger partial charge on any atom is 0.269 e. The molecular weight excluding hydrogens is 240 g/mol. The van der Waals surface area contributed by atoms with Gasteiger partial charge in [0.2, 0.25) is 0 Å². The van der Waals surface area contributed by atoms with Crippen LogP contribution in [-0.2, 0) is 6.42 Å². The molecule has 4 nitrogen and oxygen atoms in total. The molecule has 2 saturated carbocycles. The fraction of sp³-hybridized carbons (Fsp3) is 0.600. The Hall–Kier alpha value is -1.42. The van der Waals surface area contributed by atoms with Crippen molar-refractivity contribution >= 4 is 5.69 Å². The molecule has 0 saturated heterocycles. The molecule has 0 radical (unpaired) electrons. The van der Waals surface area contributed by atoms with Gasteiger partial charge in [-0.3, -0.25) is 10.1 Å². The molecule has 2 aliphatic rings. The van der Waals surface area contributed by atoms with Crippen LogP contribution in [0.5, 0.6) is 0 Å². The predicted molar refractivity (Wildman–Crippen MR) is 74.0 cm³/mol. The van der Waals surface area contributed by atoms with Crippen LogP contribution in [0, 0.1) is 27.9 Å². The van der Waals surface area contributed by atoms with Gasteiger partial charge >= 0.3 is 0 Å². The first-order valence-corrected chi connectivity index (χ1v) is 7.08. The number of fused-ring (bicyclic) bond motifs is 1. The quantitative estimate of drug-likeness (QED) is 0.654. The van der Waals surface area contributed by atoms with E-state index in [1.807, 2.05) is 19.2 Å². The molecule has 3 rings (SSSR count). The minimum Gasteiger partial charge on any atom is -0.316 e. The first kappa shape index (κ1) is 12.6. The molecule has 1 aromatic carbocycles. The normalized spacial score (nSPS) is 29.8. The van der Waals surface area contributed by atoms with Gasteiger partial charge in [-0.2, -0.15) is 0 Å². The van der Waals surface area contributed by atoms with Crippen LogP contribution < -0.4 is 5.32 Å². The minimum atomic E-state index is -0.343. The van der Waals surface area contributed by atoms with Crippen molar-refractivity contribution in [2.24, 2.45) is 17.8 Å². The SMILES string of the molecule is CNC(Cc1ccc([N+](=O)[O-])cc1)C1CC2CC2C1. The van der Waals surface area contributed by atoms with Crippen LogP contribution in [0.25, 0.3) is 0 Å². The third-order valence-corrected chi connectivity index (χ3v) is 4.82. The van der Waals surface area contributed by atoms with Crippen molar-refractivity contribution in [2.45, 2.75) is 31.7 Å². The Morgan fingerprint density at radius 2 is 1.89 bits per heavy atom. The van der Waals surface area contributed by atoms with Crippen LogP contribution in [0.2, 0.25) is 0 Å². The molecule has 2 fully saturated rings. The lowest BCUT2D eigenvalue weighted by atomic mass is 9.90. The minimum absolute atomic E-state index is 0.173. The summed E-state index contributed by atoms with van der Waals surface area (Å²) in [4.78, 5) is 10.3. The van der Waals surface area contributed by atoms with E-state index in [1.165, 1.54) is 24.8 Å². The number of non-ortho nitro benzene ring substituents is 1. The Kier molecular flexibility index (Phi) is 3.27. The van der Waals surface area contributed by atoms with Gasteiger partial charge in [0.05, 0.1) is 4.92 Å². The second-order valence-corrected chi connectivity index (χ2v) is 6.01. The number of likely N-dealkylation sites (N-methyl/N-ethyl adjacent to an activating group) is 1. The number of hydrogen-bond acceptors (Lipinski definition) is 3. The van der Waals surface area contributed by atoms with Crippen LogP contribution in [-0.4, -0.2) is 18.0 Å². The number of nitro groups is 1. The van der Waals surface area contributed by atoms with Gasteiger partial charge in [-0.15, -0.1) is 0 Å². The van der Waals surface area contributed by atoms with Gasteiger partial charge in [0.1, 0.15) is 0 Å². The topological polar surface area (TPSA) is 55.2 Å². The zero-order chi connectivity index (χ0) is 13.4. The van der Waals surface area contributed by atoms with Gasteiger partial charge in [0, 0.05) is 18.2 Å². The van der Waals surface area contributed by atoms with Crippen LogP contribution in [0.1, 0.15) is 24.8 Å². The van der Waals surface area contributed by atoms with Crippen molar-refractivity contribution in [3.05, 3.63) is 39.9 Å². The Morgan fingerprint density at radius 1 is 1.26 bits per heavy atom. The van der Waals surface area contributed by atoms with Crippen LogP contribution in [0.15, 0.2) is 24.3 Å². The number of nitro benzene ring substituents is 1. The van der Waals surface area contributed by atoms with Crippen molar-refractivity contribution in [1.82, 2.24) is 5.32 Å². The molecular formula is C15H20N2O2. The summed E-state index contributed by atoms with van der Waals surface area (Å²) < 4.78 is 0. The molecule has 0 amide bonds. The van der Waals surface area contributed by atoms with E-state index in [-0.39, 0.29) is 10.6 Å². The largest absolute Gasteiger partial charge is 0.316 e. The molecule has 1 N–H and O–H groups in total. The molecule has 3 unspecified atom stereocenters. The van der Waals surface area contributed by atoms with Crippen LogP contribution in [0.3, 0.4) is 0 Å². The van der Waals surface area contributed by atoms with Crippen LogP contribution in [0.4, 0.5) is 5.69 Å². The van der Waals surface area contributed by atoms with E-state index in [9.17, 15) is 10.1 Å². The van der Waals surface area contributed by atoms with E-state index in [4.69, 9.17) is 0 Å². The summed E-state index contributed by atoms with van der Waals surface area (Å²) in [5, 5.41) is 14.1. The first-order valence-electron chi connectivity index (χ1n) is 7.08. The highest BCUT2D eigenvalue weighted by atomic mass is 16.6. The lowest BCUT2D eigenvalue weighted by Crippen LogP contribution is -2.35. The van der Waals surface area contributed by atoms with Crippen molar-refractivity contribution in [2.75, 3.05) is 7.05 Å². The van der Waals surface area contributed by atoms with E-state index in [0.717, 1.165) is 24.2 Å². The number of nitrogens with zero attached hydrogens (tertiary/aromatic N) is 1. The van der Waals surface area contributed by atoms with Gasteiger partial charge in [0.15, 0.2) is 0 Å². The second kappa shape index (κ2) is 4.93. The highest BCUT2D eigenvalue weighted by Crippen LogP contribution is 2.55. The van der Waals surface area contributed by atoms with Gasteiger partial charge in [-0.05, 0) is 56.0 Å². The van der Waals surface area contributed by atoms with Crippen molar-refractivity contribution in [3.63, 3.8) is 0 Å². The summed E-state index contributed by atoms with van der Waals surface area (Å²) in [6, 6.07) is 7.49. The first-order chi connectivity index (χ1) is 9.17. The number of hydrogen-bond donors (Lipinski definition) is 1. The fourth-order valence-corrected chi connectivity index (χ4v) is 3.60. The predicted octanol–water partition coefficient (Wildman–Crippen LogP) is 2.77. The zero-order valence-electron chi connectivity index (χ0n) is 11.2. The zero-order valence-corrected chi connectivity index (χ0v) is 11.2. The molecule has 4 heteroatoms. The molecule has 0 bridgehead atoms. The highest BCUT2D eigenvalue weighted by Gasteiger charge is 2.47. The van der Waals surface area contributed by atoms with Crippen molar-refractivity contribution in [3.8, 4) is 0 Å². The van der Waals surface area contributed by atoms with E-state index >= 15 is 0 Å². The standard InChI is InChI=1S/C15H20N2O2/c1-16-15(13-8-11-7-12(11)9-13)6-10-2-4-14(5-3-10)17(18)19/h2-5,11-13,15-16H,6-9H2,1H3. The molecule has 0 aromatic heterocycles. The molecule has 102 valence electrons. The molecule has 0 aliphatic heterocycles. The molecule has 0 heterocycles. The van der Waals surface area contributed by atoms with E-state index < -0.39 is 0 Å². The average Bonchev–Trinajstić information content (AvgIpc) is 3.03. The molecule has 19 heavy (non-hydrogen) atoms.